The fourth-order valence-corrected chi connectivity index (χ4v) is 2.02. The number of nitrogens with zero attached hydrogens (tertiary/aromatic N) is 1. The minimum atomic E-state index is -0.430. The summed E-state index contributed by atoms with van der Waals surface area (Å²) in [5, 5.41) is 25.3. The maximum absolute atomic E-state index is 12.0. The number of phenolic OH excluding ortho intramolecular Hbond substituents is 2. The highest BCUT2D eigenvalue weighted by Gasteiger charge is 2.06. The lowest BCUT2D eigenvalue weighted by Gasteiger charge is -2.05. The minimum Gasteiger partial charge on any atom is -0.508 e. The molecule has 0 saturated carbocycles. The van der Waals surface area contributed by atoms with Crippen molar-refractivity contribution < 1.29 is 19.8 Å². The van der Waals surface area contributed by atoms with Gasteiger partial charge in [0.05, 0.1) is 6.21 Å². The van der Waals surface area contributed by atoms with E-state index in [-0.39, 0.29) is 17.4 Å². The van der Waals surface area contributed by atoms with Gasteiger partial charge in [0.2, 0.25) is 5.91 Å². The molecule has 0 fully saturated rings. The van der Waals surface area contributed by atoms with Gasteiger partial charge in [0.1, 0.15) is 11.5 Å². The van der Waals surface area contributed by atoms with Gasteiger partial charge in [-0.2, -0.15) is 5.10 Å². The number of phenols is 2. The van der Waals surface area contributed by atoms with E-state index in [9.17, 15) is 19.8 Å². The van der Waals surface area contributed by atoms with Crippen molar-refractivity contribution in [3.8, 4) is 11.5 Å². The average Bonchev–Trinajstić information content (AvgIpc) is 2.57. The number of aromatic hydroxyl groups is 2. The Morgan fingerprint density at radius 1 is 1.12 bits per heavy atom. The zero-order valence-corrected chi connectivity index (χ0v) is 13.7. The van der Waals surface area contributed by atoms with Crippen molar-refractivity contribution in [3.05, 3.63) is 53.6 Å². The second-order valence-electron chi connectivity index (χ2n) is 5.32. The Hall–Kier alpha value is -3.35. The van der Waals surface area contributed by atoms with Gasteiger partial charge >= 0.3 is 0 Å². The summed E-state index contributed by atoms with van der Waals surface area (Å²) < 4.78 is 0. The lowest BCUT2D eigenvalue weighted by Crippen LogP contribution is -2.17. The summed E-state index contributed by atoms with van der Waals surface area (Å²) in [5.41, 5.74) is 3.69. The van der Waals surface area contributed by atoms with Gasteiger partial charge in [-0.25, -0.2) is 5.43 Å². The van der Waals surface area contributed by atoms with Gasteiger partial charge in [0, 0.05) is 29.3 Å². The second-order valence-corrected chi connectivity index (χ2v) is 5.32. The molecule has 2 amide bonds. The number of benzene rings is 2. The summed E-state index contributed by atoms with van der Waals surface area (Å²) in [4.78, 5) is 23.5. The summed E-state index contributed by atoms with van der Waals surface area (Å²) in [7, 11) is 0. The molecule has 2 aromatic carbocycles. The molecule has 0 aliphatic carbocycles. The topological polar surface area (TPSA) is 111 Å². The molecule has 7 heteroatoms. The van der Waals surface area contributed by atoms with Gasteiger partial charge in [-0.05, 0) is 42.8 Å². The third kappa shape index (κ3) is 5.35. The van der Waals surface area contributed by atoms with E-state index in [1.165, 1.54) is 24.4 Å². The van der Waals surface area contributed by atoms with Crippen molar-refractivity contribution >= 4 is 23.7 Å². The molecule has 0 aliphatic rings. The van der Waals surface area contributed by atoms with Crippen molar-refractivity contribution in [2.45, 2.75) is 19.8 Å². The van der Waals surface area contributed by atoms with Crippen LogP contribution in [0.25, 0.3) is 0 Å². The molecule has 2 rings (SSSR count). The number of hydrogen-bond acceptors (Lipinski definition) is 5. The quantitative estimate of drug-likeness (QED) is 0.478. The largest absolute Gasteiger partial charge is 0.508 e. The molecule has 7 nitrogen and oxygen atoms in total. The van der Waals surface area contributed by atoms with Crippen molar-refractivity contribution in [2.24, 2.45) is 5.10 Å². The molecule has 0 saturated heterocycles. The number of rotatable bonds is 6. The van der Waals surface area contributed by atoms with E-state index in [0.717, 1.165) is 6.42 Å². The van der Waals surface area contributed by atoms with Crippen molar-refractivity contribution in [2.75, 3.05) is 5.32 Å². The predicted molar refractivity (Wildman–Crippen MR) is 94.8 cm³/mol. The van der Waals surface area contributed by atoms with Crippen LogP contribution in [0.15, 0.2) is 47.6 Å². The van der Waals surface area contributed by atoms with Crippen LogP contribution < -0.4 is 10.7 Å². The van der Waals surface area contributed by atoms with Crippen LogP contribution in [0.5, 0.6) is 11.5 Å². The lowest BCUT2D eigenvalue weighted by molar-refractivity contribution is -0.116. The number of hydrazone groups is 1. The summed E-state index contributed by atoms with van der Waals surface area (Å²) in [6.07, 6.45) is 2.48. The molecular formula is C18H19N3O4. The summed E-state index contributed by atoms with van der Waals surface area (Å²) in [6, 6.07) is 10.5. The first-order chi connectivity index (χ1) is 12.0. The molecule has 4 N–H and O–H groups in total. The zero-order chi connectivity index (χ0) is 18.2. The first-order valence-corrected chi connectivity index (χ1v) is 7.75. The van der Waals surface area contributed by atoms with Gasteiger partial charge < -0.3 is 15.5 Å². The molecule has 25 heavy (non-hydrogen) atoms. The molecular weight excluding hydrogens is 322 g/mol. The molecule has 2 aromatic rings. The number of carbonyl (C=O) groups excluding carboxylic acids is 2. The summed E-state index contributed by atoms with van der Waals surface area (Å²) in [6.45, 7) is 1.92. The first-order valence-electron chi connectivity index (χ1n) is 7.75. The van der Waals surface area contributed by atoms with Gasteiger partial charge in [-0.1, -0.05) is 6.92 Å². The monoisotopic (exact) mass is 341 g/mol. The Kier molecular flexibility index (Phi) is 6.11. The van der Waals surface area contributed by atoms with Crippen molar-refractivity contribution in [1.29, 1.82) is 0 Å². The molecule has 0 spiro atoms. The molecule has 0 radical (unpaired) electrons. The first kappa shape index (κ1) is 18.0. The lowest BCUT2D eigenvalue weighted by atomic mass is 10.2. The second kappa shape index (κ2) is 8.49. The predicted octanol–water partition coefficient (Wildman–Crippen LogP) is 2.60. The van der Waals surface area contributed by atoms with Gasteiger partial charge in [0.15, 0.2) is 0 Å². The normalized spacial score (nSPS) is 10.6. The highest BCUT2D eigenvalue weighted by Crippen LogP contribution is 2.20. The average molecular weight is 341 g/mol. The van der Waals surface area contributed by atoms with E-state index in [4.69, 9.17) is 0 Å². The van der Waals surface area contributed by atoms with Crippen LogP contribution in [0.4, 0.5) is 5.69 Å². The van der Waals surface area contributed by atoms with Crippen LogP contribution in [0.3, 0.4) is 0 Å². The van der Waals surface area contributed by atoms with E-state index >= 15 is 0 Å². The van der Waals surface area contributed by atoms with Crippen LogP contribution in [-0.4, -0.2) is 28.2 Å². The van der Waals surface area contributed by atoms with Gasteiger partial charge in [-0.3, -0.25) is 9.59 Å². The standard InChI is InChI=1S/C18H19N3O4/c1-2-3-17(24)20-14-7-4-12(5-8-14)18(25)21-19-11-13-6-9-15(22)10-16(13)23/h4-11,22-23H,2-3H2,1H3,(H,20,24)(H,21,25)/b19-11+. The maximum atomic E-state index is 12.0. The van der Waals surface area contributed by atoms with E-state index < -0.39 is 5.91 Å². The fourth-order valence-electron chi connectivity index (χ4n) is 2.02. The molecule has 0 unspecified atom stereocenters. The van der Waals surface area contributed by atoms with Crippen LogP contribution in [-0.2, 0) is 4.79 Å². The van der Waals surface area contributed by atoms with Gasteiger partial charge in [0.25, 0.3) is 5.91 Å². The van der Waals surface area contributed by atoms with E-state index in [1.807, 2.05) is 6.92 Å². The van der Waals surface area contributed by atoms with Crippen LogP contribution in [0, 0.1) is 0 Å². The molecule has 0 heterocycles. The molecule has 0 bridgehead atoms. The number of amides is 2. The Morgan fingerprint density at radius 2 is 1.84 bits per heavy atom. The Labute approximate surface area is 145 Å². The van der Waals surface area contributed by atoms with E-state index in [2.05, 4.69) is 15.8 Å². The smallest absolute Gasteiger partial charge is 0.271 e. The highest BCUT2D eigenvalue weighted by molar-refractivity contribution is 5.96. The van der Waals surface area contributed by atoms with Gasteiger partial charge in [-0.15, -0.1) is 0 Å². The van der Waals surface area contributed by atoms with E-state index in [1.54, 1.807) is 24.3 Å². The van der Waals surface area contributed by atoms with Crippen LogP contribution >= 0.6 is 0 Å². The Balaban J connectivity index is 1.94. The SMILES string of the molecule is CCCC(=O)Nc1ccc(C(=O)N/N=C/c2ccc(O)cc2O)cc1. The number of hydrogen-bond donors (Lipinski definition) is 4. The molecule has 0 aromatic heterocycles. The van der Waals surface area contributed by atoms with Crippen molar-refractivity contribution in [1.82, 2.24) is 5.43 Å². The Morgan fingerprint density at radius 3 is 2.48 bits per heavy atom. The van der Waals surface area contributed by atoms with Crippen LogP contribution in [0.1, 0.15) is 35.7 Å². The third-order valence-corrected chi connectivity index (χ3v) is 3.29. The van der Waals surface area contributed by atoms with Crippen molar-refractivity contribution in [3.63, 3.8) is 0 Å². The Bertz CT molecular complexity index is 785. The third-order valence-electron chi connectivity index (χ3n) is 3.29. The number of carbonyl (C=O) groups is 2. The maximum Gasteiger partial charge on any atom is 0.271 e. The minimum absolute atomic E-state index is 0.0650. The molecule has 0 atom stereocenters. The zero-order valence-electron chi connectivity index (χ0n) is 13.7. The fraction of sp³-hybridized carbons (Fsp3) is 0.167. The highest BCUT2D eigenvalue weighted by atomic mass is 16.3. The summed E-state index contributed by atoms with van der Waals surface area (Å²) in [5.74, 6) is -0.714. The van der Waals surface area contributed by atoms with Crippen LogP contribution in [0.2, 0.25) is 0 Å². The molecule has 130 valence electrons. The number of anilines is 1. The summed E-state index contributed by atoms with van der Waals surface area (Å²) >= 11 is 0. The molecule has 0 aliphatic heterocycles. The number of nitrogens with one attached hydrogen (secondary N) is 2. The van der Waals surface area contributed by atoms with E-state index in [0.29, 0.717) is 23.2 Å².